The van der Waals surface area contributed by atoms with Gasteiger partial charge in [0, 0.05) is 19.6 Å². The van der Waals surface area contributed by atoms with Crippen molar-refractivity contribution < 1.29 is 9.84 Å². The molecule has 114 valence electrons. The maximum Gasteiger partial charge on any atom is 0.118 e. The highest BCUT2D eigenvalue weighted by Gasteiger charge is 2.06. The minimum atomic E-state index is -0.347. The summed E-state index contributed by atoms with van der Waals surface area (Å²) in [5, 5.41) is 13.3. The van der Waals surface area contributed by atoms with Gasteiger partial charge in [0.2, 0.25) is 0 Å². The fourth-order valence-electron chi connectivity index (χ4n) is 2.15. The van der Waals surface area contributed by atoms with Crippen molar-refractivity contribution in [2.24, 2.45) is 0 Å². The van der Waals surface area contributed by atoms with Gasteiger partial charge < -0.3 is 20.1 Å². The Morgan fingerprint density at radius 2 is 1.85 bits per heavy atom. The van der Waals surface area contributed by atoms with Crippen LogP contribution in [0.2, 0.25) is 0 Å². The molecule has 4 heteroatoms. The quantitative estimate of drug-likeness (QED) is 0.638. The highest BCUT2D eigenvalue weighted by Crippen LogP contribution is 2.12. The van der Waals surface area contributed by atoms with Gasteiger partial charge in [0.1, 0.15) is 5.75 Å². The molecule has 0 fully saturated rings. The number of benzene rings is 1. The van der Waals surface area contributed by atoms with Crippen LogP contribution in [-0.2, 0) is 6.42 Å². The van der Waals surface area contributed by atoms with E-state index in [1.165, 1.54) is 0 Å². The second kappa shape index (κ2) is 9.75. The molecule has 0 saturated heterocycles. The van der Waals surface area contributed by atoms with Crippen LogP contribution in [0.5, 0.6) is 5.75 Å². The van der Waals surface area contributed by atoms with Crippen LogP contribution in [0.4, 0.5) is 0 Å². The fraction of sp³-hybridized carbons (Fsp3) is 0.625. The van der Waals surface area contributed by atoms with E-state index in [1.54, 1.807) is 7.11 Å². The van der Waals surface area contributed by atoms with Gasteiger partial charge in [-0.3, -0.25) is 0 Å². The van der Waals surface area contributed by atoms with Crippen molar-refractivity contribution in [1.29, 1.82) is 0 Å². The summed E-state index contributed by atoms with van der Waals surface area (Å²) in [4.78, 5) is 2.36. The lowest BCUT2D eigenvalue weighted by molar-refractivity contribution is 0.170. The molecular weight excluding hydrogens is 252 g/mol. The summed E-state index contributed by atoms with van der Waals surface area (Å²) >= 11 is 0. The first-order valence-electron chi connectivity index (χ1n) is 7.43. The summed E-state index contributed by atoms with van der Waals surface area (Å²) in [5.74, 6) is 0.848. The molecule has 4 nitrogen and oxygen atoms in total. The summed E-state index contributed by atoms with van der Waals surface area (Å²) in [6, 6.07) is 7.85. The van der Waals surface area contributed by atoms with E-state index in [2.05, 4.69) is 24.1 Å². The molecule has 1 unspecified atom stereocenters. The number of rotatable bonds is 10. The van der Waals surface area contributed by atoms with Crippen LogP contribution in [0.15, 0.2) is 24.3 Å². The third kappa shape index (κ3) is 6.37. The summed E-state index contributed by atoms with van der Waals surface area (Å²) in [6.45, 7) is 9.07. The van der Waals surface area contributed by atoms with E-state index >= 15 is 0 Å². The van der Waals surface area contributed by atoms with Gasteiger partial charge in [0.15, 0.2) is 0 Å². The van der Waals surface area contributed by atoms with Gasteiger partial charge in [-0.25, -0.2) is 0 Å². The first-order valence-corrected chi connectivity index (χ1v) is 7.43. The minimum absolute atomic E-state index is 0.347. The third-order valence-electron chi connectivity index (χ3n) is 3.51. The first kappa shape index (κ1) is 17.0. The van der Waals surface area contributed by atoms with Crippen molar-refractivity contribution in [1.82, 2.24) is 10.2 Å². The zero-order chi connectivity index (χ0) is 14.8. The molecule has 0 amide bonds. The lowest BCUT2D eigenvalue weighted by Gasteiger charge is -2.19. The molecule has 0 spiro atoms. The predicted octanol–water partition coefficient (Wildman–Crippen LogP) is 1.53. The summed E-state index contributed by atoms with van der Waals surface area (Å²) in [7, 11) is 1.66. The highest BCUT2D eigenvalue weighted by atomic mass is 16.5. The van der Waals surface area contributed by atoms with Gasteiger partial charge in [0.05, 0.1) is 13.2 Å². The lowest BCUT2D eigenvalue weighted by atomic mass is 10.1. The molecule has 20 heavy (non-hydrogen) atoms. The number of hydrogen-bond donors (Lipinski definition) is 2. The van der Waals surface area contributed by atoms with Gasteiger partial charge in [-0.1, -0.05) is 26.0 Å². The Morgan fingerprint density at radius 1 is 1.20 bits per heavy atom. The zero-order valence-corrected chi connectivity index (χ0v) is 12.9. The minimum Gasteiger partial charge on any atom is -0.497 e. The van der Waals surface area contributed by atoms with Gasteiger partial charge in [-0.2, -0.15) is 0 Å². The van der Waals surface area contributed by atoms with E-state index in [4.69, 9.17) is 4.74 Å². The van der Waals surface area contributed by atoms with Gasteiger partial charge in [-0.15, -0.1) is 0 Å². The molecule has 0 bridgehead atoms. The average Bonchev–Trinajstić information content (AvgIpc) is 2.48. The van der Waals surface area contributed by atoms with E-state index in [0.29, 0.717) is 13.0 Å². The molecule has 0 saturated carbocycles. The lowest BCUT2D eigenvalue weighted by Crippen LogP contribution is -2.35. The summed E-state index contributed by atoms with van der Waals surface area (Å²) < 4.78 is 5.12. The molecule has 0 aromatic heterocycles. The van der Waals surface area contributed by atoms with Crippen molar-refractivity contribution in [2.45, 2.75) is 26.4 Å². The smallest absolute Gasteiger partial charge is 0.118 e. The predicted molar refractivity (Wildman–Crippen MR) is 83.4 cm³/mol. The number of methoxy groups -OCH3 is 1. The first-order chi connectivity index (χ1) is 9.69. The van der Waals surface area contributed by atoms with E-state index in [-0.39, 0.29) is 6.10 Å². The zero-order valence-electron chi connectivity index (χ0n) is 12.9. The van der Waals surface area contributed by atoms with Crippen molar-refractivity contribution in [2.75, 3.05) is 39.8 Å². The molecule has 0 aliphatic heterocycles. The van der Waals surface area contributed by atoms with Crippen LogP contribution < -0.4 is 10.1 Å². The van der Waals surface area contributed by atoms with Crippen LogP contribution in [-0.4, -0.2) is 55.9 Å². The van der Waals surface area contributed by atoms with Crippen LogP contribution in [0.25, 0.3) is 0 Å². The Bertz CT molecular complexity index is 350. The number of nitrogens with one attached hydrogen (secondary N) is 1. The largest absolute Gasteiger partial charge is 0.497 e. The molecular formula is C16H28N2O2. The van der Waals surface area contributed by atoms with Gasteiger partial charge in [0.25, 0.3) is 0 Å². The fourth-order valence-corrected chi connectivity index (χ4v) is 2.15. The Morgan fingerprint density at radius 3 is 2.40 bits per heavy atom. The standard InChI is InChI=1S/C16H28N2O2/c1-4-18(5-2)11-10-17-13-15(19)12-14-6-8-16(20-3)9-7-14/h6-9,15,17,19H,4-5,10-13H2,1-3H3. The van der Waals surface area contributed by atoms with Crippen LogP contribution in [0, 0.1) is 0 Å². The van der Waals surface area contributed by atoms with Crippen molar-refractivity contribution in [3.05, 3.63) is 29.8 Å². The maximum absolute atomic E-state index is 10.0. The highest BCUT2D eigenvalue weighted by molar-refractivity contribution is 5.27. The van der Waals surface area contributed by atoms with Crippen LogP contribution in [0.1, 0.15) is 19.4 Å². The molecule has 2 N–H and O–H groups in total. The monoisotopic (exact) mass is 280 g/mol. The number of likely N-dealkylation sites (N-methyl/N-ethyl adjacent to an activating group) is 1. The number of nitrogens with zero attached hydrogens (tertiary/aromatic N) is 1. The van der Waals surface area contributed by atoms with Crippen molar-refractivity contribution >= 4 is 0 Å². The number of hydrogen-bond acceptors (Lipinski definition) is 4. The van der Waals surface area contributed by atoms with Crippen molar-refractivity contribution in [3.63, 3.8) is 0 Å². The molecule has 1 aromatic carbocycles. The van der Waals surface area contributed by atoms with E-state index < -0.39 is 0 Å². The molecule has 0 aliphatic carbocycles. The summed E-state index contributed by atoms with van der Waals surface area (Å²) in [6.07, 6.45) is 0.322. The van der Waals surface area contributed by atoms with Crippen LogP contribution >= 0.6 is 0 Å². The van der Waals surface area contributed by atoms with E-state index in [9.17, 15) is 5.11 Å². The molecule has 1 aromatic rings. The second-order valence-electron chi connectivity index (χ2n) is 4.94. The SMILES string of the molecule is CCN(CC)CCNCC(O)Cc1ccc(OC)cc1. The van der Waals surface area contributed by atoms with Crippen molar-refractivity contribution in [3.8, 4) is 5.75 Å². The molecule has 0 aliphatic rings. The Balaban J connectivity index is 2.20. The Labute approximate surface area is 122 Å². The number of aliphatic hydroxyl groups is 1. The second-order valence-corrected chi connectivity index (χ2v) is 4.94. The molecule has 0 radical (unpaired) electrons. The normalized spacial score (nSPS) is 12.7. The van der Waals surface area contributed by atoms with Gasteiger partial charge >= 0.3 is 0 Å². The molecule has 1 rings (SSSR count). The molecule has 1 atom stereocenters. The Kier molecular flexibility index (Phi) is 8.26. The van der Waals surface area contributed by atoms with E-state index in [1.807, 2.05) is 24.3 Å². The number of ether oxygens (including phenoxy) is 1. The number of aliphatic hydroxyl groups excluding tert-OH is 1. The molecule has 0 heterocycles. The summed E-state index contributed by atoms with van der Waals surface area (Å²) in [5.41, 5.74) is 1.13. The topological polar surface area (TPSA) is 44.7 Å². The average molecular weight is 280 g/mol. The van der Waals surface area contributed by atoms with Gasteiger partial charge in [-0.05, 0) is 37.2 Å². The van der Waals surface area contributed by atoms with Crippen LogP contribution in [0.3, 0.4) is 0 Å². The Hall–Kier alpha value is -1.10. The maximum atomic E-state index is 10.0. The third-order valence-corrected chi connectivity index (χ3v) is 3.51. The van der Waals surface area contributed by atoms with E-state index in [0.717, 1.165) is 37.5 Å².